The summed E-state index contributed by atoms with van der Waals surface area (Å²) in [7, 11) is 0. The standard InChI is InChI=1S/C16H12F4O2/c1-2-22-15(21)13-7-6-11(9-14(13)17)10-4-3-5-12(8-10)16(18,19)20/h3-9H,2H2,1H3. The fourth-order valence-corrected chi connectivity index (χ4v) is 1.94. The summed E-state index contributed by atoms with van der Waals surface area (Å²) in [5.41, 5.74) is -0.613. The Bertz CT molecular complexity index is 693. The number of carbonyl (C=O) groups excluding carboxylic acids is 1. The van der Waals surface area contributed by atoms with Crippen LogP contribution in [0.25, 0.3) is 11.1 Å². The quantitative estimate of drug-likeness (QED) is 0.607. The Morgan fingerprint density at radius 3 is 2.36 bits per heavy atom. The van der Waals surface area contributed by atoms with Crippen molar-refractivity contribution in [1.82, 2.24) is 0 Å². The number of halogens is 4. The Balaban J connectivity index is 2.39. The third-order valence-corrected chi connectivity index (χ3v) is 2.99. The lowest BCUT2D eigenvalue weighted by molar-refractivity contribution is -0.137. The molecule has 0 bridgehead atoms. The van der Waals surface area contributed by atoms with Crippen LogP contribution in [0.2, 0.25) is 0 Å². The second-order valence-corrected chi connectivity index (χ2v) is 4.49. The van der Waals surface area contributed by atoms with Crippen molar-refractivity contribution in [2.45, 2.75) is 13.1 Å². The maximum atomic E-state index is 13.9. The number of carbonyl (C=O) groups is 1. The lowest BCUT2D eigenvalue weighted by Gasteiger charge is -2.10. The number of alkyl halides is 3. The van der Waals surface area contributed by atoms with Gasteiger partial charge in [0.25, 0.3) is 0 Å². The van der Waals surface area contributed by atoms with Crippen LogP contribution in [0.5, 0.6) is 0 Å². The van der Waals surface area contributed by atoms with Crippen LogP contribution in [0, 0.1) is 5.82 Å². The minimum absolute atomic E-state index is 0.105. The Labute approximate surface area is 124 Å². The predicted octanol–water partition coefficient (Wildman–Crippen LogP) is 4.69. The van der Waals surface area contributed by atoms with Gasteiger partial charge in [0.2, 0.25) is 0 Å². The van der Waals surface area contributed by atoms with E-state index in [4.69, 9.17) is 4.74 Å². The van der Waals surface area contributed by atoms with Crippen LogP contribution in [0.4, 0.5) is 17.6 Å². The number of hydrogen-bond donors (Lipinski definition) is 0. The summed E-state index contributed by atoms with van der Waals surface area (Å²) in [5, 5.41) is 0. The highest BCUT2D eigenvalue weighted by molar-refractivity contribution is 5.90. The smallest absolute Gasteiger partial charge is 0.416 e. The molecule has 6 heteroatoms. The number of esters is 1. The fraction of sp³-hybridized carbons (Fsp3) is 0.188. The van der Waals surface area contributed by atoms with Crippen molar-refractivity contribution < 1.29 is 27.1 Å². The van der Waals surface area contributed by atoms with Gasteiger partial charge in [0.1, 0.15) is 5.82 Å². The molecule has 22 heavy (non-hydrogen) atoms. The van der Waals surface area contributed by atoms with Gasteiger partial charge in [-0.05, 0) is 42.3 Å². The van der Waals surface area contributed by atoms with Gasteiger partial charge in [-0.3, -0.25) is 0 Å². The zero-order valence-corrected chi connectivity index (χ0v) is 11.6. The number of benzene rings is 2. The largest absolute Gasteiger partial charge is 0.462 e. The zero-order chi connectivity index (χ0) is 16.3. The van der Waals surface area contributed by atoms with Crippen LogP contribution in [0.3, 0.4) is 0 Å². The molecule has 0 atom stereocenters. The highest BCUT2D eigenvalue weighted by Crippen LogP contribution is 2.32. The van der Waals surface area contributed by atoms with Crippen LogP contribution >= 0.6 is 0 Å². The van der Waals surface area contributed by atoms with Crippen LogP contribution in [-0.4, -0.2) is 12.6 Å². The van der Waals surface area contributed by atoms with E-state index in [2.05, 4.69) is 0 Å². The molecule has 2 rings (SSSR count). The Hall–Kier alpha value is -2.37. The molecule has 0 N–H and O–H groups in total. The summed E-state index contributed by atoms with van der Waals surface area (Å²) in [6.07, 6.45) is -4.47. The van der Waals surface area contributed by atoms with Crippen LogP contribution in [0.15, 0.2) is 42.5 Å². The SMILES string of the molecule is CCOC(=O)c1ccc(-c2cccc(C(F)(F)F)c2)cc1F. The number of hydrogen-bond acceptors (Lipinski definition) is 2. The third-order valence-electron chi connectivity index (χ3n) is 2.99. The van der Waals surface area contributed by atoms with Crippen molar-refractivity contribution in [3.05, 3.63) is 59.4 Å². The first kappa shape index (κ1) is 16.0. The van der Waals surface area contributed by atoms with Crippen LogP contribution in [-0.2, 0) is 10.9 Å². The van der Waals surface area contributed by atoms with Gasteiger partial charge in [0, 0.05) is 0 Å². The van der Waals surface area contributed by atoms with Gasteiger partial charge in [-0.1, -0.05) is 18.2 Å². The predicted molar refractivity (Wildman–Crippen MR) is 72.8 cm³/mol. The molecular formula is C16H12F4O2. The van der Waals surface area contributed by atoms with Gasteiger partial charge >= 0.3 is 12.1 Å². The normalized spacial score (nSPS) is 11.3. The highest BCUT2D eigenvalue weighted by Gasteiger charge is 2.30. The molecule has 2 aromatic carbocycles. The van der Waals surface area contributed by atoms with E-state index >= 15 is 0 Å². The Morgan fingerprint density at radius 1 is 1.09 bits per heavy atom. The summed E-state index contributed by atoms with van der Waals surface area (Å²) in [4.78, 5) is 11.5. The topological polar surface area (TPSA) is 26.3 Å². The van der Waals surface area contributed by atoms with E-state index < -0.39 is 23.5 Å². The van der Waals surface area contributed by atoms with Crippen molar-refractivity contribution in [2.24, 2.45) is 0 Å². The average molecular weight is 312 g/mol. The molecule has 0 aliphatic rings. The maximum absolute atomic E-state index is 13.9. The van der Waals surface area contributed by atoms with Gasteiger partial charge in [-0.25, -0.2) is 9.18 Å². The monoisotopic (exact) mass is 312 g/mol. The molecule has 0 aromatic heterocycles. The van der Waals surface area contributed by atoms with Gasteiger partial charge in [0.15, 0.2) is 0 Å². The first-order valence-corrected chi connectivity index (χ1v) is 6.47. The first-order valence-electron chi connectivity index (χ1n) is 6.47. The molecule has 0 heterocycles. The molecule has 0 saturated carbocycles. The molecule has 0 amide bonds. The van der Waals surface area contributed by atoms with Crippen molar-refractivity contribution in [1.29, 1.82) is 0 Å². The van der Waals surface area contributed by atoms with Gasteiger partial charge in [-0.2, -0.15) is 13.2 Å². The molecule has 2 nitrogen and oxygen atoms in total. The molecule has 0 fully saturated rings. The van der Waals surface area contributed by atoms with E-state index in [9.17, 15) is 22.4 Å². The first-order chi connectivity index (χ1) is 10.3. The molecule has 0 radical (unpaired) electrons. The van der Waals surface area contributed by atoms with Gasteiger partial charge in [-0.15, -0.1) is 0 Å². The maximum Gasteiger partial charge on any atom is 0.416 e. The Kier molecular flexibility index (Phi) is 4.49. The minimum atomic E-state index is -4.47. The fourth-order valence-electron chi connectivity index (χ4n) is 1.94. The summed E-state index contributed by atoms with van der Waals surface area (Å²) in [6, 6.07) is 8.14. The molecular weight excluding hydrogens is 300 g/mol. The number of ether oxygens (including phenoxy) is 1. The molecule has 116 valence electrons. The van der Waals surface area contributed by atoms with E-state index in [0.29, 0.717) is 0 Å². The second kappa shape index (κ2) is 6.17. The molecule has 0 saturated heterocycles. The van der Waals surface area contributed by atoms with Crippen molar-refractivity contribution in [3.63, 3.8) is 0 Å². The molecule has 2 aromatic rings. The minimum Gasteiger partial charge on any atom is -0.462 e. The van der Waals surface area contributed by atoms with Gasteiger partial charge in [0.05, 0.1) is 17.7 Å². The summed E-state index contributed by atoms with van der Waals surface area (Å²) >= 11 is 0. The second-order valence-electron chi connectivity index (χ2n) is 4.49. The summed E-state index contributed by atoms with van der Waals surface area (Å²) < 4.78 is 56.7. The summed E-state index contributed by atoms with van der Waals surface area (Å²) in [5.74, 6) is -1.65. The Morgan fingerprint density at radius 2 is 1.77 bits per heavy atom. The molecule has 0 aliphatic carbocycles. The van der Waals surface area contributed by atoms with E-state index in [-0.39, 0.29) is 23.3 Å². The van der Waals surface area contributed by atoms with Crippen molar-refractivity contribution in [2.75, 3.05) is 6.61 Å². The average Bonchev–Trinajstić information content (AvgIpc) is 2.46. The highest BCUT2D eigenvalue weighted by atomic mass is 19.4. The lowest BCUT2D eigenvalue weighted by atomic mass is 10.0. The summed E-state index contributed by atoms with van der Waals surface area (Å²) in [6.45, 7) is 1.69. The third kappa shape index (κ3) is 3.44. The molecule has 0 spiro atoms. The number of rotatable bonds is 3. The molecule has 0 aliphatic heterocycles. The van der Waals surface area contributed by atoms with Crippen LogP contribution < -0.4 is 0 Å². The van der Waals surface area contributed by atoms with Crippen molar-refractivity contribution >= 4 is 5.97 Å². The lowest BCUT2D eigenvalue weighted by Crippen LogP contribution is -2.07. The zero-order valence-electron chi connectivity index (χ0n) is 11.6. The van der Waals surface area contributed by atoms with Crippen LogP contribution in [0.1, 0.15) is 22.8 Å². The van der Waals surface area contributed by atoms with E-state index in [0.717, 1.165) is 18.2 Å². The van der Waals surface area contributed by atoms with Crippen molar-refractivity contribution in [3.8, 4) is 11.1 Å². The molecule has 0 unspecified atom stereocenters. The van der Waals surface area contributed by atoms with E-state index in [1.54, 1.807) is 6.92 Å². The van der Waals surface area contributed by atoms with E-state index in [1.807, 2.05) is 0 Å². The van der Waals surface area contributed by atoms with E-state index in [1.165, 1.54) is 24.3 Å². The van der Waals surface area contributed by atoms with Gasteiger partial charge < -0.3 is 4.74 Å².